The first-order chi connectivity index (χ1) is 7.75. The average Bonchev–Trinajstić information content (AvgIpc) is 2.80. The number of anilines is 1. The topological polar surface area (TPSA) is 43.1 Å². The van der Waals surface area contributed by atoms with Crippen molar-refractivity contribution in [1.82, 2.24) is 0 Å². The highest BCUT2D eigenvalue weighted by Gasteiger charge is 2.04. The van der Waals surface area contributed by atoms with Gasteiger partial charge in [0, 0.05) is 21.2 Å². The molecule has 2 rings (SSSR count). The van der Waals surface area contributed by atoms with Gasteiger partial charge in [0.2, 0.25) is 0 Å². The number of thiophene rings is 1. The number of aryl methyl sites for hydroxylation is 1. The zero-order valence-corrected chi connectivity index (χ0v) is 10.4. The molecule has 0 fully saturated rings. The summed E-state index contributed by atoms with van der Waals surface area (Å²) in [5, 5.41) is 2.04. The highest BCUT2D eigenvalue weighted by molar-refractivity contribution is 7.85. The average molecular weight is 251 g/mol. The fraction of sp³-hybridized carbons (Fsp3) is 0.167. The molecule has 0 saturated carbocycles. The normalized spacial score (nSPS) is 12.5. The number of nitrogen functional groups attached to an aromatic ring is 1. The summed E-state index contributed by atoms with van der Waals surface area (Å²) in [5.41, 5.74) is 6.29. The Morgan fingerprint density at radius 2 is 1.94 bits per heavy atom. The maximum Gasteiger partial charge on any atom is 0.0533 e. The fourth-order valence-corrected chi connectivity index (χ4v) is 3.30. The largest absolute Gasteiger partial charge is 0.399 e. The first-order valence-electron chi connectivity index (χ1n) is 5.02. The Balaban J connectivity index is 1.95. The van der Waals surface area contributed by atoms with Gasteiger partial charge in [-0.2, -0.15) is 0 Å². The summed E-state index contributed by atoms with van der Waals surface area (Å²) in [6, 6.07) is 11.3. The van der Waals surface area contributed by atoms with Gasteiger partial charge in [0.05, 0.1) is 10.8 Å². The third-order valence-corrected chi connectivity index (χ3v) is 4.57. The standard InChI is InChI=1S/C12H13NOS2/c13-10-3-5-12(6-4-10)16(14)9-7-11-2-1-8-15-11/h1-6,8H,7,9,13H2. The Hall–Kier alpha value is -1.13. The lowest BCUT2D eigenvalue weighted by Crippen LogP contribution is -2.00. The van der Waals surface area contributed by atoms with E-state index in [0.29, 0.717) is 11.4 Å². The van der Waals surface area contributed by atoms with Crippen LogP contribution >= 0.6 is 11.3 Å². The Morgan fingerprint density at radius 1 is 1.19 bits per heavy atom. The van der Waals surface area contributed by atoms with Crippen LogP contribution in [0.25, 0.3) is 0 Å². The van der Waals surface area contributed by atoms with Crippen LogP contribution in [0.2, 0.25) is 0 Å². The van der Waals surface area contributed by atoms with Crippen molar-refractivity contribution in [3.8, 4) is 0 Å². The lowest BCUT2D eigenvalue weighted by Gasteiger charge is -2.01. The minimum Gasteiger partial charge on any atom is -0.399 e. The third-order valence-electron chi connectivity index (χ3n) is 2.26. The Labute approximate surface area is 102 Å². The van der Waals surface area contributed by atoms with E-state index in [1.807, 2.05) is 23.6 Å². The number of hydrogen-bond donors (Lipinski definition) is 1. The molecule has 0 aliphatic carbocycles. The third kappa shape index (κ3) is 2.93. The molecule has 16 heavy (non-hydrogen) atoms. The van der Waals surface area contributed by atoms with Crippen LogP contribution in [-0.2, 0) is 17.2 Å². The van der Waals surface area contributed by atoms with E-state index in [1.165, 1.54) is 4.88 Å². The van der Waals surface area contributed by atoms with Crippen molar-refractivity contribution >= 4 is 27.8 Å². The van der Waals surface area contributed by atoms with Crippen molar-refractivity contribution in [1.29, 1.82) is 0 Å². The van der Waals surface area contributed by atoms with E-state index in [2.05, 4.69) is 6.07 Å². The molecule has 0 bridgehead atoms. The van der Waals surface area contributed by atoms with Gasteiger partial charge >= 0.3 is 0 Å². The Bertz CT molecular complexity index is 462. The summed E-state index contributed by atoms with van der Waals surface area (Å²) in [4.78, 5) is 2.13. The predicted molar refractivity (Wildman–Crippen MR) is 70.2 cm³/mol. The molecule has 1 heterocycles. The van der Waals surface area contributed by atoms with Crippen LogP contribution < -0.4 is 5.73 Å². The molecule has 1 aromatic heterocycles. The molecular weight excluding hydrogens is 238 g/mol. The van der Waals surface area contributed by atoms with Gasteiger partial charge in [-0.05, 0) is 42.1 Å². The Morgan fingerprint density at radius 3 is 2.56 bits per heavy atom. The molecule has 0 spiro atoms. The molecule has 84 valence electrons. The molecule has 1 aromatic carbocycles. The van der Waals surface area contributed by atoms with Crippen LogP contribution in [-0.4, -0.2) is 9.96 Å². The SMILES string of the molecule is Nc1ccc(S(=O)CCc2cccs2)cc1. The molecule has 0 radical (unpaired) electrons. The zero-order chi connectivity index (χ0) is 11.4. The summed E-state index contributed by atoms with van der Waals surface area (Å²) >= 11 is 1.71. The van der Waals surface area contributed by atoms with Crippen LogP contribution in [0.1, 0.15) is 4.88 Å². The van der Waals surface area contributed by atoms with Crippen LogP contribution in [0.3, 0.4) is 0 Å². The second-order valence-electron chi connectivity index (χ2n) is 3.45. The van der Waals surface area contributed by atoms with Crippen LogP contribution in [0.5, 0.6) is 0 Å². The molecule has 1 atom stereocenters. The lowest BCUT2D eigenvalue weighted by molar-refractivity contribution is 0.682. The van der Waals surface area contributed by atoms with E-state index >= 15 is 0 Å². The maximum atomic E-state index is 11.9. The number of hydrogen-bond acceptors (Lipinski definition) is 3. The summed E-state index contributed by atoms with van der Waals surface area (Å²) < 4.78 is 11.9. The van der Waals surface area contributed by atoms with E-state index < -0.39 is 10.8 Å². The minimum atomic E-state index is -0.925. The molecular formula is C12H13NOS2. The van der Waals surface area contributed by atoms with Gasteiger partial charge < -0.3 is 5.73 Å². The maximum absolute atomic E-state index is 11.9. The van der Waals surface area contributed by atoms with Crippen molar-refractivity contribution in [2.45, 2.75) is 11.3 Å². The molecule has 2 N–H and O–H groups in total. The van der Waals surface area contributed by atoms with E-state index in [1.54, 1.807) is 23.5 Å². The molecule has 1 unspecified atom stereocenters. The summed E-state index contributed by atoms with van der Waals surface area (Å²) in [7, 11) is -0.925. The first-order valence-corrected chi connectivity index (χ1v) is 7.22. The first kappa shape index (κ1) is 11.4. The smallest absolute Gasteiger partial charge is 0.0533 e. The van der Waals surface area contributed by atoms with Crippen molar-refractivity contribution in [2.75, 3.05) is 11.5 Å². The van der Waals surface area contributed by atoms with E-state index in [4.69, 9.17) is 5.73 Å². The van der Waals surface area contributed by atoms with E-state index in [-0.39, 0.29) is 0 Å². The molecule has 2 aromatic rings. The summed E-state index contributed by atoms with van der Waals surface area (Å²) in [6.45, 7) is 0. The zero-order valence-electron chi connectivity index (χ0n) is 8.76. The highest BCUT2D eigenvalue weighted by Crippen LogP contribution is 2.14. The molecule has 2 nitrogen and oxygen atoms in total. The summed E-state index contributed by atoms with van der Waals surface area (Å²) in [6.07, 6.45) is 0.870. The number of nitrogens with two attached hydrogens (primary N) is 1. The highest BCUT2D eigenvalue weighted by atomic mass is 32.2. The quantitative estimate of drug-likeness (QED) is 0.849. The second-order valence-corrected chi connectivity index (χ2v) is 6.05. The van der Waals surface area contributed by atoms with Gasteiger partial charge in [-0.3, -0.25) is 4.21 Å². The van der Waals surface area contributed by atoms with Crippen molar-refractivity contribution in [3.63, 3.8) is 0 Å². The van der Waals surface area contributed by atoms with Gasteiger partial charge in [-0.15, -0.1) is 11.3 Å². The van der Waals surface area contributed by atoms with Crippen LogP contribution in [0, 0.1) is 0 Å². The monoisotopic (exact) mass is 251 g/mol. The minimum absolute atomic E-state index is 0.671. The van der Waals surface area contributed by atoms with Gasteiger partial charge in [-0.25, -0.2) is 0 Å². The van der Waals surface area contributed by atoms with Crippen LogP contribution in [0.4, 0.5) is 5.69 Å². The van der Waals surface area contributed by atoms with Crippen molar-refractivity contribution < 1.29 is 4.21 Å². The molecule has 0 aliphatic heterocycles. The van der Waals surface area contributed by atoms with Crippen molar-refractivity contribution in [2.24, 2.45) is 0 Å². The van der Waals surface area contributed by atoms with E-state index in [9.17, 15) is 4.21 Å². The van der Waals surface area contributed by atoms with E-state index in [0.717, 1.165) is 11.3 Å². The molecule has 0 amide bonds. The van der Waals surface area contributed by atoms with Gasteiger partial charge in [-0.1, -0.05) is 6.07 Å². The Kier molecular flexibility index (Phi) is 3.74. The second kappa shape index (κ2) is 5.27. The molecule has 4 heteroatoms. The van der Waals surface area contributed by atoms with Gasteiger partial charge in [0.15, 0.2) is 0 Å². The predicted octanol–water partition coefficient (Wildman–Crippen LogP) is 2.68. The molecule has 0 saturated heterocycles. The number of benzene rings is 1. The fourth-order valence-electron chi connectivity index (χ4n) is 1.39. The lowest BCUT2D eigenvalue weighted by atomic mass is 10.3. The number of rotatable bonds is 4. The van der Waals surface area contributed by atoms with Gasteiger partial charge in [0.25, 0.3) is 0 Å². The van der Waals surface area contributed by atoms with Crippen molar-refractivity contribution in [3.05, 3.63) is 46.7 Å². The molecule has 0 aliphatic rings. The van der Waals surface area contributed by atoms with Gasteiger partial charge in [0.1, 0.15) is 0 Å². The van der Waals surface area contributed by atoms with Crippen LogP contribution in [0.15, 0.2) is 46.7 Å². The summed E-state index contributed by atoms with van der Waals surface area (Å²) in [5.74, 6) is 0.671.